The number of anilines is 1. The van der Waals surface area contributed by atoms with Crippen LogP contribution >= 0.6 is 23.2 Å². The number of nitrogens with zero attached hydrogens (tertiary/aromatic N) is 2. The molecule has 0 spiro atoms. The van der Waals surface area contributed by atoms with Crippen LogP contribution in [0.5, 0.6) is 0 Å². The van der Waals surface area contributed by atoms with Crippen molar-refractivity contribution in [2.24, 2.45) is 0 Å². The van der Waals surface area contributed by atoms with E-state index in [0.717, 1.165) is 35.5 Å². The molecule has 0 fully saturated rings. The predicted octanol–water partition coefficient (Wildman–Crippen LogP) is 5.94. The van der Waals surface area contributed by atoms with Crippen molar-refractivity contribution in [1.29, 1.82) is 0 Å². The van der Waals surface area contributed by atoms with Crippen molar-refractivity contribution < 1.29 is 0 Å². The molecule has 5 heteroatoms. The maximum atomic E-state index is 5.98. The zero-order chi connectivity index (χ0) is 16.9. The number of hydrogen-bond acceptors (Lipinski definition) is 3. The van der Waals surface area contributed by atoms with Gasteiger partial charge in [0.25, 0.3) is 0 Å². The van der Waals surface area contributed by atoms with Crippen molar-refractivity contribution >= 4 is 29.2 Å². The van der Waals surface area contributed by atoms with E-state index in [1.54, 1.807) is 0 Å². The molecule has 0 unspecified atom stereocenters. The van der Waals surface area contributed by atoms with Gasteiger partial charge in [0.15, 0.2) is 0 Å². The summed E-state index contributed by atoms with van der Waals surface area (Å²) in [4.78, 5) is 9.25. The largest absolute Gasteiger partial charge is 0.354 e. The first-order chi connectivity index (χ1) is 11.7. The molecule has 1 heterocycles. The van der Waals surface area contributed by atoms with Crippen LogP contribution in [0, 0.1) is 0 Å². The van der Waals surface area contributed by atoms with Gasteiger partial charge in [0.2, 0.25) is 5.95 Å². The number of halogens is 2. The maximum absolute atomic E-state index is 5.98. The lowest BCUT2D eigenvalue weighted by Crippen LogP contribution is -2.05. The van der Waals surface area contributed by atoms with Gasteiger partial charge >= 0.3 is 0 Å². The second-order valence-corrected chi connectivity index (χ2v) is 6.28. The Hall–Kier alpha value is -2.10. The Balaban J connectivity index is 2.05. The minimum atomic E-state index is 0.620. The smallest absolute Gasteiger partial charge is 0.223 e. The van der Waals surface area contributed by atoms with Gasteiger partial charge in [-0.1, -0.05) is 54.4 Å². The molecule has 0 aliphatic heterocycles. The van der Waals surface area contributed by atoms with Gasteiger partial charge in [-0.2, -0.15) is 0 Å². The van der Waals surface area contributed by atoms with Crippen molar-refractivity contribution in [2.45, 2.75) is 13.3 Å². The molecule has 24 heavy (non-hydrogen) atoms. The summed E-state index contributed by atoms with van der Waals surface area (Å²) in [6.45, 7) is 2.93. The molecule has 1 aromatic heterocycles. The monoisotopic (exact) mass is 357 g/mol. The number of benzene rings is 2. The number of aromatic nitrogens is 2. The predicted molar refractivity (Wildman–Crippen MR) is 102 cm³/mol. The summed E-state index contributed by atoms with van der Waals surface area (Å²) in [6.07, 6.45) is 1.00. The zero-order valence-corrected chi connectivity index (χ0v) is 14.8. The lowest BCUT2D eigenvalue weighted by molar-refractivity contribution is 0.954. The summed E-state index contributed by atoms with van der Waals surface area (Å²) in [5.74, 6) is 0.620. The molecule has 3 aromatic rings. The fraction of sp³-hybridized carbons (Fsp3) is 0.158. The lowest BCUT2D eigenvalue weighted by Gasteiger charge is -2.10. The molecule has 0 atom stereocenters. The van der Waals surface area contributed by atoms with Gasteiger partial charge in [-0.3, -0.25) is 0 Å². The Morgan fingerprint density at radius 3 is 1.67 bits per heavy atom. The number of rotatable bonds is 5. The molecule has 0 aliphatic carbocycles. The van der Waals surface area contributed by atoms with E-state index >= 15 is 0 Å². The van der Waals surface area contributed by atoms with Gasteiger partial charge in [0.1, 0.15) is 0 Å². The summed E-state index contributed by atoms with van der Waals surface area (Å²) in [5.41, 5.74) is 3.70. The van der Waals surface area contributed by atoms with Gasteiger partial charge in [0, 0.05) is 27.7 Å². The molecule has 0 bridgehead atoms. The van der Waals surface area contributed by atoms with E-state index in [0.29, 0.717) is 16.0 Å². The molecular formula is C19H17Cl2N3. The highest BCUT2D eigenvalue weighted by Gasteiger charge is 2.08. The van der Waals surface area contributed by atoms with Gasteiger partial charge in [0.05, 0.1) is 11.4 Å². The fourth-order valence-corrected chi connectivity index (χ4v) is 2.55. The van der Waals surface area contributed by atoms with Gasteiger partial charge in [-0.25, -0.2) is 9.97 Å². The molecular weight excluding hydrogens is 341 g/mol. The molecule has 0 saturated carbocycles. The molecule has 2 aromatic carbocycles. The molecule has 0 saturated heterocycles. The van der Waals surface area contributed by atoms with Crippen molar-refractivity contribution in [3.8, 4) is 22.5 Å². The van der Waals surface area contributed by atoms with E-state index < -0.39 is 0 Å². The molecule has 0 amide bonds. The van der Waals surface area contributed by atoms with E-state index in [1.807, 2.05) is 54.6 Å². The van der Waals surface area contributed by atoms with Gasteiger partial charge < -0.3 is 5.32 Å². The molecule has 3 rings (SSSR count). The molecule has 122 valence electrons. The van der Waals surface area contributed by atoms with E-state index in [1.165, 1.54) is 0 Å². The Kier molecular flexibility index (Phi) is 5.34. The van der Waals surface area contributed by atoms with Gasteiger partial charge in [-0.05, 0) is 36.8 Å². The van der Waals surface area contributed by atoms with E-state index in [2.05, 4.69) is 22.2 Å². The van der Waals surface area contributed by atoms with E-state index in [-0.39, 0.29) is 0 Å². The molecule has 0 aliphatic rings. The van der Waals surface area contributed by atoms with Crippen LogP contribution in [0.4, 0.5) is 5.95 Å². The molecule has 3 nitrogen and oxygen atoms in total. The summed E-state index contributed by atoms with van der Waals surface area (Å²) < 4.78 is 0. The third-order valence-electron chi connectivity index (χ3n) is 3.54. The molecule has 1 N–H and O–H groups in total. The highest BCUT2D eigenvalue weighted by Crippen LogP contribution is 2.27. The van der Waals surface area contributed by atoms with Crippen LogP contribution in [0.25, 0.3) is 22.5 Å². The average Bonchev–Trinajstić information content (AvgIpc) is 2.61. The van der Waals surface area contributed by atoms with Gasteiger partial charge in [-0.15, -0.1) is 0 Å². The van der Waals surface area contributed by atoms with Crippen LogP contribution in [0.15, 0.2) is 54.6 Å². The fourth-order valence-electron chi connectivity index (χ4n) is 2.30. The summed E-state index contributed by atoms with van der Waals surface area (Å²) in [5, 5.41) is 4.67. The van der Waals surface area contributed by atoms with Crippen LogP contribution in [0.2, 0.25) is 10.0 Å². The number of hydrogen-bond donors (Lipinski definition) is 1. The topological polar surface area (TPSA) is 37.8 Å². The van der Waals surface area contributed by atoms with Crippen LogP contribution in [-0.2, 0) is 0 Å². The van der Waals surface area contributed by atoms with Crippen LogP contribution in [-0.4, -0.2) is 16.5 Å². The third kappa shape index (κ3) is 4.05. The van der Waals surface area contributed by atoms with Crippen LogP contribution in [0.3, 0.4) is 0 Å². The third-order valence-corrected chi connectivity index (χ3v) is 4.04. The highest BCUT2D eigenvalue weighted by atomic mass is 35.5. The summed E-state index contributed by atoms with van der Waals surface area (Å²) in [6, 6.07) is 17.3. The summed E-state index contributed by atoms with van der Waals surface area (Å²) in [7, 11) is 0. The maximum Gasteiger partial charge on any atom is 0.223 e. The molecule has 0 radical (unpaired) electrons. The van der Waals surface area contributed by atoms with Crippen molar-refractivity contribution in [3.63, 3.8) is 0 Å². The van der Waals surface area contributed by atoms with Crippen LogP contribution < -0.4 is 5.32 Å². The Labute approximate surface area is 151 Å². The second kappa shape index (κ2) is 7.65. The minimum absolute atomic E-state index is 0.620. The van der Waals surface area contributed by atoms with Crippen molar-refractivity contribution in [1.82, 2.24) is 9.97 Å². The first-order valence-electron chi connectivity index (χ1n) is 7.80. The lowest BCUT2D eigenvalue weighted by atomic mass is 10.1. The second-order valence-electron chi connectivity index (χ2n) is 5.40. The summed E-state index contributed by atoms with van der Waals surface area (Å²) >= 11 is 12.0. The zero-order valence-electron chi connectivity index (χ0n) is 13.3. The van der Waals surface area contributed by atoms with Crippen LogP contribution in [0.1, 0.15) is 13.3 Å². The van der Waals surface area contributed by atoms with E-state index in [9.17, 15) is 0 Å². The quantitative estimate of drug-likeness (QED) is 0.613. The minimum Gasteiger partial charge on any atom is -0.354 e. The van der Waals surface area contributed by atoms with E-state index in [4.69, 9.17) is 23.2 Å². The first-order valence-corrected chi connectivity index (χ1v) is 8.56. The van der Waals surface area contributed by atoms with Crippen molar-refractivity contribution in [2.75, 3.05) is 11.9 Å². The SMILES string of the molecule is CCCNc1nc(-c2ccc(Cl)cc2)cc(-c2ccc(Cl)cc2)n1. The Bertz CT molecular complexity index is 751. The van der Waals surface area contributed by atoms with Crippen molar-refractivity contribution in [3.05, 3.63) is 64.6 Å². The standard InChI is InChI=1S/C19H17Cl2N3/c1-2-11-22-19-23-17(13-3-7-15(20)8-4-13)12-18(24-19)14-5-9-16(21)10-6-14/h3-10,12H,2,11H2,1H3,(H,22,23,24). The Morgan fingerprint density at radius 1 is 0.792 bits per heavy atom. The first kappa shape index (κ1) is 16.7. The average molecular weight is 358 g/mol. The normalized spacial score (nSPS) is 10.6. The number of nitrogens with one attached hydrogen (secondary N) is 1. The highest BCUT2D eigenvalue weighted by molar-refractivity contribution is 6.30. The Morgan fingerprint density at radius 2 is 1.25 bits per heavy atom.